The summed E-state index contributed by atoms with van der Waals surface area (Å²) in [5.41, 5.74) is 9.08. The summed E-state index contributed by atoms with van der Waals surface area (Å²) in [6, 6.07) is 14.8. The van der Waals surface area contributed by atoms with Crippen LogP contribution in [0, 0.1) is 12.7 Å². The number of nitrogens with two attached hydrogens (primary N) is 1. The van der Waals surface area contributed by atoms with Gasteiger partial charge in [0, 0.05) is 16.9 Å². The molecule has 5 heteroatoms. The Morgan fingerprint density at radius 1 is 1.16 bits per heavy atom. The maximum atomic E-state index is 14.1. The maximum absolute atomic E-state index is 14.1. The molecule has 0 unspecified atom stereocenters. The lowest BCUT2D eigenvalue weighted by molar-refractivity contribution is -0.123. The van der Waals surface area contributed by atoms with Gasteiger partial charge in [0.2, 0.25) is 5.91 Å². The molecule has 1 aromatic heterocycles. The minimum atomic E-state index is -0.903. The van der Waals surface area contributed by atoms with Gasteiger partial charge in [0.1, 0.15) is 5.82 Å². The fourth-order valence-corrected chi connectivity index (χ4v) is 4.76. The highest BCUT2D eigenvalue weighted by Gasteiger charge is 2.47. The van der Waals surface area contributed by atoms with Crippen LogP contribution in [0.25, 0.3) is 11.3 Å². The van der Waals surface area contributed by atoms with Crippen molar-refractivity contribution >= 4 is 17.4 Å². The molecule has 0 bridgehead atoms. The zero-order valence-electron chi connectivity index (χ0n) is 13.8. The molecule has 126 valence electrons. The fraction of sp³-hybridized carbons (Fsp3) is 0.200. The quantitative estimate of drug-likeness (QED) is 0.780. The van der Waals surface area contributed by atoms with E-state index in [9.17, 15) is 9.18 Å². The molecule has 0 fully saturated rings. The molecule has 1 heterocycles. The van der Waals surface area contributed by atoms with Crippen molar-refractivity contribution in [3.63, 3.8) is 0 Å². The lowest BCUT2D eigenvalue weighted by atomic mass is 9.75. The van der Waals surface area contributed by atoms with Crippen LogP contribution in [0.3, 0.4) is 0 Å². The third kappa shape index (κ3) is 2.38. The average molecular weight is 352 g/mol. The summed E-state index contributed by atoms with van der Waals surface area (Å²) < 4.78 is 18.7. The number of nitrogens with zero attached hydrogens (tertiary/aromatic N) is 1. The van der Waals surface area contributed by atoms with Crippen LogP contribution in [0.5, 0.6) is 0 Å². The lowest BCUT2D eigenvalue weighted by Crippen LogP contribution is -2.43. The molecule has 2 N–H and O–H groups in total. The predicted octanol–water partition coefficient (Wildman–Crippen LogP) is 3.78. The first-order valence-corrected chi connectivity index (χ1v) is 8.88. The molecule has 3 nitrogen and oxygen atoms in total. The van der Waals surface area contributed by atoms with Gasteiger partial charge >= 0.3 is 0 Å². The van der Waals surface area contributed by atoms with Crippen molar-refractivity contribution < 1.29 is 9.18 Å². The van der Waals surface area contributed by atoms with E-state index in [-0.39, 0.29) is 5.82 Å². The molecular formula is C20H17FN2OS. The third-order valence-corrected chi connectivity index (χ3v) is 6.00. The highest BCUT2D eigenvalue weighted by molar-refractivity contribution is 7.06. The van der Waals surface area contributed by atoms with Gasteiger partial charge in [-0.2, -0.15) is 4.37 Å². The summed E-state index contributed by atoms with van der Waals surface area (Å²) in [6.45, 7) is 1.71. The van der Waals surface area contributed by atoms with Crippen LogP contribution in [0.4, 0.5) is 4.39 Å². The Hall–Kier alpha value is -2.53. The van der Waals surface area contributed by atoms with Crippen molar-refractivity contribution in [1.29, 1.82) is 0 Å². The van der Waals surface area contributed by atoms with Crippen molar-refractivity contribution in [3.8, 4) is 11.3 Å². The van der Waals surface area contributed by atoms with Crippen LogP contribution >= 0.6 is 11.5 Å². The number of carbonyl (C=O) groups is 1. The largest absolute Gasteiger partial charge is 0.369 e. The van der Waals surface area contributed by atoms with Crippen molar-refractivity contribution in [2.75, 3.05) is 0 Å². The Bertz CT molecular complexity index is 967. The van der Waals surface area contributed by atoms with Gasteiger partial charge in [-0.3, -0.25) is 4.79 Å². The molecule has 0 saturated heterocycles. The van der Waals surface area contributed by atoms with Gasteiger partial charge in [-0.05, 0) is 47.6 Å². The Morgan fingerprint density at radius 3 is 2.64 bits per heavy atom. The van der Waals surface area contributed by atoms with Crippen LogP contribution in [0.2, 0.25) is 0 Å². The van der Waals surface area contributed by atoms with Gasteiger partial charge in [-0.25, -0.2) is 4.39 Å². The van der Waals surface area contributed by atoms with Gasteiger partial charge in [-0.1, -0.05) is 42.5 Å². The second-order valence-corrected chi connectivity index (χ2v) is 7.37. The molecule has 1 amide bonds. The monoisotopic (exact) mass is 352 g/mol. The Morgan fingerprint density at radius 2 is 1.92 bits per heavy atom. The van der Waals surface area contributed by atoms with Crippen molar-refractivity contribution in [2.45, 2.75) is 25.2 Å². The van der Waals surface area contributed by atoms with E-state index in [0.29, 0.717) is 24.0 Å². The highest BCUT2D eigenvalue weighted by Crippen LogP contribution is 2.46. The van der Waals surface area contributed by atoms with E-state index in [0.717, 1.165) is 21.7 Å². The van der Waals surface area contributed by atoms with E-state index in [2.05, 4.69) is 4.37 Å². The number of hydrogen-bond donors (Lipinski definition) is 1. The highest BCUT2D eigenvalue weighted by atomic mass is 32.1. The average Bonchev–Trinajstić information content (AvgIpc) is 3.16. The van der Waals surface area contributed by atoms with E-state index in [1.165, 1.54) is 17.6 Å². The molecule has 3 aromatic rings. The van der Waals surface area contributed by atoms with Gasteiger partial charge in [0.05, 0.1) is 11.1 Å². The molecule has 2 aromatic carbocycles. The molecular weight excluding hydrogens is 335 g/mol. The third-order valence-electron chi connectivity index (χ3n) is 5.11. The SMILES string of the molecule is Cc1c(F)cccc1[C@@]1(C(N)=O)Cc2snc(-c3ccccc3)c2C1. The standard InChI is InChI=1S/C20H17FN2OS/c1-12-15(8-5-9-16(12)21)20(19(22)24)10-14-17(11-20)25-23-18(14)13-6-3-2-4-7-13/h2-9H,10-11H2,1H3,(H2,22,24)/t20-/m0/s1. The van der Waals surface area contributed by atoms with Gasteiger partial charge in [0.15, 0.2) is 0 Å². The summed E-state index contributed by atoms with van der Waals surface area (Å²) in [5, 5.41) is 0. The molecule has 0 aliphatic heterocycles. The topological polar surface area (TPSA) is 56.0 Å². The minimum Gasteiger partial charge on any atom is -0.369 e. The summed E-state index contributed by atoms with van der Waals surface area (Å²) in [4.78, 5) is 13.5. The lowest BCUT2D eigenvalue weighted by Gasteiger charge is -2.28. The van der Waals surface area contributed by atoms with Crippen LogP contribution in [-0.2, 0) is 23.1 Å². The number of primary amides is 1. The zero-order valence-corrected chi connectivity index (χ0v) is 14.6. The maximum Gasteiger partial charge on any atom is 0.228 e. The molecule has 1 aliphatic rings. The second kappa shape index (κ2) is 5.77. The van der Waals surface area contributed by atoms with Crippen LogP contribution in [-0.4, -0.2) is 10.3 Å². The fourth-order valence-electron chi connectivity index (χ4n) is 3.75. The molecule has 0 saturated carbocycles. The van der Waals surface area contributed by atoms with Crippen LogP contribution < -0.4 is 5.73 Å². The number of carbonyl (C=O) groups excluding carboxylic acids is 1. The number of halogens is 1. The van der Waals surface area contributed by atoms with Gasteiger partial charge in [0.25, 0.3) is 0 Å². The molecule has 0 spiro atoms. The van der Waals surface area contributed by atoms with Gasteiger partial charge < -0.3 is 5.73 Å². The van der Waals surface area contributed by atoms with Gasteiger partial charge in [-0.15, -0.1) is 0 Å². The normalized spacial score (nSPS) is 19.0. The summed E-state index contributed by atoms with van der Waals surface area (Å²) >= 11 is 1.41. The number of rotatable bonds is 3. The predicted molar refractivity (Wildman–Crippen MR) is 97.0 cm³/mol. The molecule has 25 heavy (non-hydrogen) atoms. The van der Waals surface area contributed by atoms with E-state index < -0.39 is 11.3 Å². The van der Waals surface area contributed by atoms with Crippen molar-refractivity contribution in [3.05, 3.63) is 75.9 Å². The number of aromatic nitrogens is 1. The first-order valence-electron chi connectivity index (χ1n) is 8.11. The number of benzene rings is 2. The Balaban J connectivity index is 1.84. The first-order chi connectivity index (χ1) is 12.0. The minimum absolute atomic E-state index is 0.310. The van der Waals surface area contributed by atoms with E-state index >= 15 is 0 Å². The number of hydrogen-bond acceptors (Lipinski definition) is 3. The summed E-state index contributed by atoms with van der Waals surface area (Å²) in [5.74, 6) is -0.724. The van der Waals surface area contributed by atoms with Crippen LogP contribution in [0.1, 0.15) is 21.6 Å². The molecule has 4 rings (SSSR count). The Kier molecular flexibility index (Phi) is 3.69. The second-order valence-electron chi connectivity index (χ2n) is 6.51. The number of fused-ring (bicyclic) bond motifs is 1. The Labute approximate surface area is 149 Å². The first kappa shape index (κ1) is 16.0. The van der Waals surface area contributed by atoms with Crippen molar-refractivity contribution in [1.82, 2.24) is 4.37 Å². The molecule has 0 radical (unpaired) electrons. The zero-order chi connectivity index (χ0) is 17.6. The van der Waals surface area contributed by atoms with Crippen LogP contribution in [0.15, 0.2) is 48.5 Å². The van der Waals surface area contributed by atoms with E-state index in [1.54, 1.807) is 13.0 Å². The number of amides is 1. The molecule has 1 aliphatic carbocycles. The molecule has 1 atom stereocenters. The smallest absolute Gasteiger partial charge is 0.228 e. The summed E-state index contributed by atoms with van der Waals surface area (Å²) in [7, 11) is 0. The van der Waals surface area contributed by atoms with E-state index in [1.807, 2.05) is 36.4 Å². The van der Waals surface area contributed by atoms with E-state index in [4.69, 9.17) is 5.73 Å². The van der Waals surface area contributed by atoms with Crippen molar-refractivity contribution in [2.24, 2.45) is 5.73 Å². The summed E-state index contributed by atoms with van der Waals surface area (Å²) in [6.07, 6.45) is 0.940.